The number of hydrogen-bond donors (Lipinski definition) is 1. The Morgan fingerprint density at radius 3 is 2.63 bits per heavy atom. The zero-order valence-electron chi connectivity index (χ0n) is 11.8. The summed E-state index contributed by atoms with van der Waals surface area (Å²) >= 11 is 1.76. The molecule has 1 N–H and O–H groups in total. The molecule has 0 aromatic carbocycles. The van der Waals surface area contributed by atoms with Gasteiger partial charge in [-0.3, -0.25) is 14.1 Å². The molecule has 4 nitrogen and oxygen atoms in total. The molecule has 0 saturated carbocycles. The van der Waals surface area contributed by atoms with Crippen molar-refractivity contribution in [1.29, 1.82) is 0 Å². The lowest BCUT2D eigenvalue weighted by molar-refractivity contribution is -0.126. The van der Waals surface area contributed by atoms with E-state index in [2.05, 4.69) is 27.8 Å². The van der Waals surface area contributed by atoms with E-state index in [9.17, 15) is 4.79 Å². The van der Waals surface area contributed by atoms with Crippen molar-refractivity contribution in [3.63, 3.8) is 0 Å². The first-order valence-corrected chi connectivity index (χ1v) is 7.75. The van der Waals surface area contributed by atoms with E-state index in [1.807, 2.05) is 19.1 Å². The van der Waals surface area contributed by atoms with Crippen molar-refractivity contribution in [1.82, 2.24) is 9.29 Å². The molecule has 104 valence electrons. The Morgan fingerprint density at radius 2 is 2.11 bits per heavy atom. The molecule has 1 amide bonds. The molecule has 0 atom stereocenters. The molecule has 0 spiro atoms. The van der Waals surface area contributed by atoms with Gasteiger partial charge in [-0.25, -0.2) is 0 Å². The van der Waals surface area contributed by atoms with Crippen LogP contribution in [0.25, 0.3) is 0 Å². The highest BCUT2D eigenvalue weighted by molar-refractivity contribution is 7.96. The first kappa shape index (κ1) is 14.3. The molecule has 19 heavy (non-hydrogen) atoms. The number of piperidine rings is 1. The van der Waals surface area contributed by atoms with Gasteiger partial charge in [0.05, 0.1) is 11.9 Å². The number of nitrogens with zero attached hydrogens (tertiary/aromatic N) is 2. The largest absolute Gasteiger partial charge is 0.324 e. The van der Waals surface area contributed by atoms with Gasteiger partial charge < -0.3 is 5.32 Å². The molecular formula is C14H21N3OS. The molecule has 1 aromatic rings. The molecular weight excluding hydrogens is 258 g/mol. The second kappa shape index (κ2) is 5.92. The zero-order chi connectivity index (χ0) is 13.9. The molecule has 2 heterocycles. The molecule has 0 aliphatic carbocycles. The number of carbonyl (C=O) groups is 1. The van der Waals surface area contributed by atoms with Crippen molar-refractivity contribution in [3.05, 3.63) is 24.0 Å². The monoisotopic (exact) mass is 279 g/mol. The van der Waals surface area contributed by atoms with E-state index < -0.39 is 0 Å². The minimum atomic E-state index is -0.267. The predicted molar refractivity (Wildman–Crippen MR) is 80.0 cm³/mol. The summed E-state index contributed by atoms with van der Waals surface area (Å²) in [5.41, 5.74) is 1.47. The van der Waals surface area contributed by atoms with Gasteiger partial charge >= 0.3 is 0 Å². The molecule has 5 heteroatoms. The highest BCUT2D eigenvalue weighted by Crippen LogP contribution is 2.33. The van der Waals surface area contributed by atoms with E-state index >= 15 is 0 Å². The second-order valence-electron chi connectivity index (χ2n) is 5.31. The van der Waals surface area contributed by atoms with Crippen molar-refractivity contribution in [2.45, 2.75) is 26.7 Å². The highest BCUT2D eigenvalue weighted by atomic mass is 32.2. The van der Waals surface area contributed by atoms with Crippen molar-refractivity contribution >= 4 is 23.5 Å². The normalized spacial score (nSPS) is 19.1. The van der Waals surface area contributed by atoms with E-state index in [4.69, 9.17) is 0 Å². The van der Waals surface area contributed by atoms with Gasteiger partial charge in [0.1, 0.15) is 0 Å². The maximum Gasteiger partial charge on any atom is 0.230 e. The van der Waals surface area contributed by atoms with Crippen LogP contribution in [0.1, 0.15) is 25.5 Å². The van der Waals surface area contributed by atoms with Crippen molar-refractivity contribution in [2.75, 3.05) is 24.7 Å². The number of rotatable bonds is 3. The maximum atomic E-state index is 12.4. The summed E-state index contributed by atoms with van der Waals surface area (Å²) in [6.45, 7) is 5.93. The van der Waals surface area contributed by atoms with E-state index in [1.54, 1.807) is 18.1 Å². The third kappa shape index (κ3) is 3.48. The fourth-order valence-electron chi connectivity index (χ4n) is 2.21. The molecule has 1 aromatic heterocycles. The van der Waals surface area contributed by atoms with Gasteiger partial charge in [0, 0.05) is 24.2 Å². The number of hydrogen-bond acceptors (Lipinski definition) is 4. The Labute approximate surface area is 119 Å². The van der Waals surface area contributed by atoms with Gasteiger partial charge in [-0.15, -0.1) is 0 Å². The third-order valence-corrected chi connectivity index (χ3v) is 4.68. The lowest BCUT2D eigenvalue weighted by Gasteiger charge is -2.37. The Bertz CT molecular complexity index is 439. The minimum absolute atomic E-state index is 0.110. The summed E-state index contributed by atoms with van der Waals surface area (Å²) in [6, 6.07) is 3.81. The Morgan fingerprint density at radius 1 is 1.42 bits per heavy atom. The summed E-state index contributed by atoms with van der Waals surface area (Å²) in [5, 5.41) is 2.99. The fraction of sp³-hybridized carbons (Fsp3) is 0.571. The standard InChI is InChI=1S/C14H21N3OS/c1-11-4-5-12(10-15-11)16-13(18)14(2)6-8-17(19-3)9-7-14/h4-5,10H,6-9H2,1-3H3,(H,16,18). The van der Waals surface area contributed by atoms with Crippen LogP contribution in [0.15, 0.2) is 18.3 Å². The van der Waals surface area contributed by atoms with Crippen LogP contribution in [0.3, 0.4) is 0 Å². The van der Waals surface area contributed by atoms with Gasteiger partial charge in [0.2, 0.25) is 5.91 Å². The predicted octanol–water partition coefficient (Wildman–Crippen LogP) is 2.71. The number of amides is 1. The van der Waals surface area contributed by atoms with Crippen LogP contribution in [-0.4, -0.2) is 34.5 Å². The van der Waals surface area contributed by atoms with Gasteiger partial charge in [0.25, 0.3) is 0 Å². The highest BCUT2D eigenvalue weighted by Gasteiger charge is 2.36. The molecule has 1 aliphatic heterocycles. The Kier molecular flexibility index (Phi) is 4.47. The zero-order valence-corrected chi connectivity index (χ0v) is 12.6. The summed E-state index contributed by atoms with van der Waals surface area (Å²) in [4.78, 5) is 16.6. The van der Waals surface area contributed by atoms with Crippen LogP contribution in [-0.2, 0) is 4.79 Å². The molecule has 1 saturated heterocycles. The van der Waals surface area contributed by atoms with Gasteiger partial charge in [-0.2, -0.15) is 0 Å². The first-order valence-electron chi connectivity index (χ1n) is 6.57. The quantitative estimate of drug-likeness (QED) is 0.864. The van der Waals surface area contributed by atoms with Crippen LogP contribution >= 0.6 is 11.9 Å². The first-order chi connectivity index (χ1) is 9.03. The van der Waals surface area contributed by atoms with Crippen LogP contribution in [0.2, 0.25) is 0 Å². The van der Waals surface area contributed by atoms with Crippen LogP contribution in [0.5, 0.6) is 0 Å². The number of nitrogens with one attached hydrogen (secondary N) is 1. The topological polar surface area (TPSA) is 45.2 Å². The maximum absolute atomic E-state index is 12.4. The minimum Gasteiger partial charge on any atom is -0.324 e. The van der Waals surface area contributed by atoms with E-state index in [0.29, 0.717) is 0 Å². The molecule has 0 bridgehead atoms. The Hall–Kier alpha value is -1.07. The van der Waals surface area contributed by atoms with Crippen LogP contribution in [0.4, 0.5) is 5.69 Å². The lowest BCUT2D eigenvalue weighted by atomic mass is 9.80. The molecule has 0 radical (unpaired) electrons. The fourth-order valence-corrected chi connectivity index (χ4v) is 2.76. The summed E-state index contributed by atoms with van der Waals surface area (Å²) in [5.74, 6) is 0.110. The SMILES string of the molecule is CSN1CCC(C)(C(=O)Nc2ccc(C)nc2)CC1. The molecule has 0 unspecified atom stereocenters. The van der Waals surface area contributed by atoms with Crippen LogP contribution in [0, 0.1) is 12.3 Å². The van der Waals surface area contributed by atoms with Gasteiger partial charge in [-0.1, -0.05) is 18.9 Å². The van der Waals surface area contributed by atoms with Crippen molar-refractivity contribution < 1.29 is 4.79 Å². The Balaban J connectivity index is 1.97. The number of pyridine rings is 1. The number of anilines is 1. The summed E-state index contributed by atoms with van der Waals surface area (Å²) in [6.07, 6.45) is 5.60. The van der Waals surface area contributed by atoms with Gasteiger partial charge in [0.15, 0.2) is 0 Å². The second-order valence-corrected chi connectivity index (χ2v) is 6.20. The third-order valence-electron chi connectivity index (χ3n) is 3.80. The van der Waals surface area contributed by atoms with E-state index in [1.165, 1.54) is 0 Å². The average molecular weight is 279 g/mol. The van der Waals surface area contributed by atoms with Crippen molar-refractivity contribution in [2.24, 2.45) is 5.41 Å². The number of carbonyl (C=O) groups excluding carboxylic acids is 1. The van der Waals surface area contributed by atoms with Crippen molar-refractivity contribution in [3.8, 4) is 0 Å². The molecule has 1 aliphatic rings. The summed E-state index contributed by atoms with van der Waals surface area (Å²) < 4.78 is 2.31. The smallest absolute Gasteiger partial charge is 0.230 e. The number of aromatic nitrogens is 1. The van der Waals surface area contributed by atoms with Crippen LogP contribution < -0.4 is 5.32 Å². The van der Waals surface area contributed by atoms with E-state index in [-0.39, 0.29) is 11.3 Å². The summed E-state index contributed by atoms with van der Waals surface area (Å²) in [7, 11) is 0. The molecule has 1 fully saturated rings. The molecule has 2 rings (SSSR count). The number of aryl methyl sites for hydroxylation is 1. The average Bonchev–Trinajstić information content (AvgIpc) is 2.42. The lowest BCUT2D eigenvalue weighted by Crippen LogP contribution is -2.42. The van der Waals surface area contributed by atoms with E-state index in [0.717, 1.165) is 37.3 Å². The van der Waals surface area contributed by atoms with Gasteiger partial charge in [-0.05, 0) is 38.2 Å².